The first kappa shape index (κ1) is 14.2. The molecule has 4 nitrogen and oxygen atoms in total. The van der Waals surface area contributed by atoms with E-state index in [4.69, 9.17) is 0 Å². The van der Waals surface area contributed by atoms with E-state index >= 15 is 0 Å². The maximum atomic E-state index is 10.3. The number of hydrogen-bond donors (Lipinski definition) is 2. The van der Waals surface area contributed by atoms with Gasteiger partial charge in [0.1, 0.15) is 5.82 Å². The van der Waals surface area contributed by atoms with Crippen LogP contribution >= 0.6 is 0 Å². The molecule has 98 valence electrons. The van der Waals surface area contributed by atoms with Crippen LogP contribution in [-0.2, 0) is 13.0 Å². The normalized spacial score (nSPS) is 15.2. The van der Waals surface area contributed by atoms with E-state index < -0.39 is 5.60 Å². The van der Waals surface area contributed by atoms with Crippen molar-refractivity contribution in [3.05, 3.63) is 18.2 Å². The van der Waals surface area contributed by atoms with Crippen LogP contribution in [-0.4, -0.2) is 33.3 Å². The van der Waals surface area contributed by atoms with Crippen molar-refractivity contribution < 1.29 is 5.11 Å². The predicted octanol–water partition coefficient (Wildman–Crippen LogP) is 1.44. The predicted molar refractivity (Wildman–Crippen MR) is 69.9 cm³/mol. The smallest absolute Gasteiger partial charge is 0.111 e. The van der Waals surface area contributed by atoms with Gasteiger partial charge in [-0.25, -0.2) is 4.98 Å². The second-order valence-corrected chi connectivity index (χ2v) is 5.33. The minimum atomic E-state index is -0.743. The maximum absolute atomic E-state index is 10.3. The second-order valence-electron chi connectivity index (χ2n) is 5.33. The van der Waals surface area contributed by atoms with E-state index in [2.05, 4.69) is 35.6 Å². The highest BCUT2D eigenvalue weighted by Crippen LogP contribution is 2.11. The van der Waals surface area contributed by atoms with Gasteiger partial charge in [-0.3, -0.25) is 0 Å². The van der Waals surface area contributed by atoms with Crippen molar-refractivity contribution >= 4 is 0 Å². The molecule has 4 heteroatoms. The summed E-state index contributed by atoms with van der Waals surface area (Å²) in [5.74, 6) is 1.55. The van der Waals surface area contributed by atoms with Crippen LogP contribution < -0.4 is 5.32 Å². The first-order valence-electron chi connectivity index (χ1n) is 6.37. The molecule has 0 aromatic carbocycles. The van der Waals surface area contributed by atoms with Gasteiger partial charge in [0.15, 0.2) is 0 Å². The number of nitrogens with one attached hydrogen (secondary N) is 1. The lowest BCUT2D eigenvalue weighted by molar-refractivity contribution is 0.0567. The van der Waals surface area contributed by atoms with Gasteiger partial charge in [0.2, 0.25) is 0 Å². The van der Waals surface area contributed by atoms with Gasteiger partial charge in [-0.2, -0.15) is 0 Å². The first-order valence-corrected chi connectivity index (χ1v) is 6.37. The molecule has 0 fully saturated rings. The van der Waals surface area contributed by atoms with Gasteiger partial charge in [-0.05, 0) is 26.3 Å². The van der Waals surface area contributed by atoms with Crippen molar-refractivity contribution in [3.8, 4) is 0 Å². The van der Waals surface area contributed by atoms with E-state index in [0.29, 0.717) is 18.9 Å². The van der Waals surface area contributed by atoms with Crippen molar-refractivity contribution in [3.63, 3.8) is 0 Å². The molecule has 1 unspecified atom stereocenters. The lowest BCUT2D eigenvalue weighted by Crippen LogP contribution is -2.41. The summed E-state index contributed by atoms with van der Waals surface area (Å²) < 4.78 is 2.07. The first-order chi connectivity index (χ1) is 7.94. The summed E-state index contributed by atoms with van der Waals surface area (Å²) in [6.07, 6.45) is 4.32. The van der Waals surface area contributed by atoms with Crippen LogP contribution in [0, 0.1) is 5.92 Å². The highest BCUT2D eigenvalue weighted by atomic mass is 16.3. The Morgan fingerprint density at radius 1 is 1.53 bits per heavy atom. The van der Waals surface area contributed by atoms with Crippen LogP contribution in [0.5, 0.6) is 0 Å². The van der Waals surface area contributed by atoms with Crippen molar-refractivity contribution in [2.45, 2.75) is 46.3 Å². The monoisotopic (exact) mass is 239 g/mol. The Hall–Kier alpha value is -0.870. The Morgan fingerprint density at radius 3 is 2.82 bits per heavy atom. The number of aryl methyl sites for hydroxylation is 1. The molecule has 1 atom stereocenters. The Bertz CT molecular complexity index is 331. The third kappa shape index (κ3) is 4.88. The van der Waals surface area contributed by atoms with E-state index in [1.54, 1.807) is 6.20 Å². The van der Waals surface area contributed by atoms with Crippen molar-refractivity contribution in [1.29, 1.82) is 0 Å². The number of nitrogens with zero attached hydrogens (tertiary/aromatic N) is 2. The Labute approximate surface area is 104 Å². The van der Waals surface area contributed by atoms with E-state index in [1.165, 1.54) is 0 Å². The van der Waals surface area contributed by atoms with Crippen molar-refractivity contribution in [1.82, 2.24) is 14.9 Å². The summed E-state index contributed by atoms with van der Waals surface area (Å²) in [4.78, 5) is 4.29. The van der Waals surface area contributed by atoms with Crippen molar-refractivity contribution in [2.24, 2.45) is 5.92 Å². The molecular weight excluding hydrogens is 214 g/mol. The highest BCUT2D eigenvalue weighted by molar-refractivity contribution is 4.98. The molecule has 0 saturated heterocycles. The van der Waals surface area contributed by atoms with Crippen molar-refractivity contribution in [2.75, 3.05) is 13.1 Å². The third-order valence-corrected chi connectivity index (χ3v) is 2.74. The zero-order valence-corrected chi connectivity index (χ0v) is 11.4. The van der Waals surface area contributed by atoms with Gasteiger partial charge in [0, 0.05) is 31.9 Å². The molecule has 0 bridgehead atoms. The molecule has 1 heterocycles. The van der Waals surface area contributed by atoms with Crippen LogP contribution in [0.4, 0.5) is 0 Å². The van der Waals surface area contributed by atoms with Gasteiger partial charge < -0.3 is 15.0 Å². The SMILES string of the molecule is CCn1ccnc1CC(C)(O)CNCC(C)C. The summed E-state index contributed by atoms with van der Waals surface area (Å²) in [6, 6.07) is 0. The molecule has 0 aliphatic rings. The van der Waals surface area contributed by atoms with E-state index in [0.717, 1.165) is 18.9 Å². The fourth-order valence-corrected chi connectivity index (χ4v) is 1.83. The maximum Gasteiger partial charge on any atom is 0.111 e. The Balaban J connectivity index is 2.48. The molecule has 1 aromatic rings. The molecule has 0 radical (unpaired) electrons. The zero-order valence-electron chi connectivity index (χ0n) is 11.4. The summed E-state index contributed by atoms with van der Waals surface area (Å²) in [6.45, 7) is 10.7. The zero-order chi connectivity index (χ0) is 12.9. The van der Waals surface area contributed by atoms with Gasteiger partial charge in [0.05, 0.1) is 5.60 Å². The molecule has 0 aliphatic heterocycles. The minimum absolute atomic E-state index is 0.582. The van der Waals surface area contributed by atoms with Crippen LogP contribution in [0.25, 0.3) is 0 Å². The number of hydrogen-bond acceptors (Lipinski definition) is 3. The number of aliphatic hydroxyl groups is 1. The van der Waals surface area contributed by atoms with Crippen LogP contribution in [0.15, 0.2) is 12.4 Å². The third-order valence-electron chi connectivity index (χ3n) is 2.74. The minimum Gasteiger partial charge on any atom is -0.388 e. The molecule has 1 rings (SSSR count). The number of aromatic nitrogens is 2. The average molecular weight is 239 g/mol. The van der Waals surface area contributed by atoms with Crippen LogP contribution in [0.2, 0.25) is 0 Å². The van der Waals surface area contributed by atoms with Gasteiger partial charge in [0.25, 0.3) is 0 Å². The number of rotatable bonds is 7. The molecule has 17 heavy (non-hydrogen) atoms. The van der Waals surface area contributed by atoms with Gasteiger partial charge in [-0.15, -0.1) is 0 Å². The van der Waals surface area contributed by atoms with Gasteiger partial charge in [-0.1, -0.05) is 13.8 Å². The molecular formula is C13H25N3O. The van der Waals surface area contributed by atoms with Gasteiger partial charge >= 0.3 is 0 Å². The quantitative estimate of drug-likeness (QED) is 0.757. The fraction of sp³-hybridized carbons (Fsp3) is 0.769. The average Bonchev–Trinajstić information content (AvgIpc) is 2.63. The Kier molecular flexibility index (Phi) is 5.15. The lowest BCUT2D eigenvalue weighted by atomic mass is 10.0. The molecule has 0 saturated carbocycles. The molecule has 0 spiro atoms. The van der Waals surface area contributed by atoms with Crippen LogP contribution in [0.1, 0.15) is 33.5 Å². The lowest BCUT2D eigenvalue weighted by Gasteiger charge is -2.24. The molecule has 2 N–H and O–H groups in total. The highest BCUT2D eigenvalue weighted by Gasteiger charge is 2.22. The number of imidazole rings is 1. The topological polar surface area (TPSA) is 50.1 Å². The molecule has 0 aliphatic carbocycles. The molecule has 0 amide bonds. The largest absolute Gasteiger partial charge is 0.388 e. The van der Waals surface area contributed by atoms with E-state index in [-0.39, 0.29) is 0 Å². The molecule has 1 aromatic heterocycles. The summed E-state index contributed by atoms with van der Waals surface area (Å²) >= 11 is 0. The standard InChI is InChI=1S/C13H25N3O/c1-5-16-7-6-15-12(16)8-13(4,17)10-14-9-11(2)3/h6-7,11,14,17H,5,8-10H2,1-4H3. The Morgan fingerprint density at radius 2 is 2.24 bits per heavy atom. The summed E-state index contributed by atoms with van der Waals surface area (Å²) in [5.41, 5.74) is -0.743. The van der Waals surface area contributed by atoms with E-state index in [9.17, 15) is 5.11 Å². The summed E-state index contributed by atoms with van der Waals surface area (Å²) in [5, 5.41) is 13.6. The summed E-state index contributed by atoms with van der Waals surface area (Å²) in [7, 11) is 0. The fourth-order valence-electron chi connectivity index (χ4n) is 1.83. The van der Waals surface area contributed by atoms with Crippen LogP contribution in [0.3, 0.4) is 0 Å². The second kappa shape index (κ2) is 6.17. The van der Waals surface area contributed by atoms with E-state index in [1.807, 2.05) is 13.1 Å².